The van der Waals surface area contributed by atoms with Gasteiger partial charge in [-0.05, 0) is 6.54 Å². The van der Waals surface area contributed by atoms with Gasteiger partial charge >= 0.3 is 0 Å². The molecule has 0 bridgehead atoms. The highest BCUT2D eigenvalue weighted by Gasteiger charge is 2.05. The van der Waals surface area contributed by atoms with E-state index in [-0.39, 0.29) is 0 Å². The van der Waals surface area contributed by atoms with Gasteiger partial charge in [0, 0.05) is 37.6 Å². The van der Waals surface area contributed by atoms with Crippen molar-refractivity contribution in [3.8, 4) is 5.82 Å². The summed E-state index contributed by atoms with van der Waals surface area (Å²) < 4.78 is 3.72. The maximum absolute atomic E-state index is 5.51. The highest BCUT2D eigenvalue weighted by Crippen LogP contribution is 2.08. The van der Waals surface area contributed by atoms with E-state index in [0.717, 1.165) is 17.9 Å². The zero-order chi connectivity index (χ0) is 9.97. The zero-order valence-electron chi connectivity index (χ0n) is 8.09. The molecule has 0 aliphatic rings. The Morgan fingerprint density at radius 1 is 1.50 bits per heavy atom. The molecule has 0 spiro atoms. The van der Waals surface area contributed by atoms with Crippen LogP contribution in [0.4, 0.5) is 0 Å². The van der Waals surface area contributed by atoms with Gasteiger partial charge in [-0.2, -0.15) is 5.10 Å². The van der Waals surface area contributed by atoms with E-state index in [0.29, 0.717) is 6.54 Å². The number of rotatable bonds is 3. The molecule has 0 aliphatic heterocycles. The molecule has 0 atom stereocenters. The number of aromatic nitrogens is 4. The van der Waals surface area contributed by atoms with Crippen molar-refractivity contribution in [3.63, 3.8) is 0 Å². The monoisotopic (exact) mass is 191 g/mol. The van der Waals surface area contributed by atoms with Crippen LogP contribution in [0.5, 0.6) is 0 Å². The summed E-state index contributed by atoms with van der Waals surface area (Å²) in [6.45, 7) is 0.624. The Balaban J connectivity index is 2.36. The van der Waals surface area contributed by atoms with E-state index in [4.69, 9.17) is 5.73 Å². The summed E-state index contributed by atoms with van der Waals surface area (Å²) in [6, 6.07) is 1.95. The summed E-state index contributed by atoms with van der Waals surface area (Å²) in [7, 11) is 1.89. The first-order valence-corrected chi connectivity index (χ1v) is 4.52. The van der Waals surface area contributed by atoms with Gasteiger partial charge in [0.05, 0.1) is 0 Å². The second kappa shape index (κ2) is 3.63. The SMILES string of the molecule is Cn1ccc(-n2cncc2CCN)n1. The van der Waals surface area contributed by atoms with Crippen LogP contribution in [0, 0.1) is 0 Å². The van der Waals surface area contributed by atoms with Crippen LogP contribution in [-0.4, -0.2) is 25.9 Å². The first-order chi connectivity index (χ1) is 6.81. The summed E-state index contributed by atoms with van der Waals surface area (Å²) in [4.78, 5) is 4.08. The van der Waals surface area contributed by atoms with E-state index in [2.05, 4.69) is 10.1 Å². The molecule has 2 N–H and O–H groups in total. The standard InChI is InChI=1S/C9H13N5/c1-13-5-3-9(12-13)14-7-11-6-8(14)2-4-10/h3,5-7H,2,4,10H2,1H3. The molecule has 2 rings (SSSR count). The van der Waals surface area contributed by atoms with Gasteiger partial charge in [-0.1, -0.05) is 0 Å². The molecule has 5 heteroatoms. The van der Waals surface area contributed by atoms with Crippen LogP contribution in [-0.2, 0) is 13.5 Å². The first kappa shape index (κ1) is 8.96. The molecule has 0 amide bonds. The predicted octanol–water partition coefficient (Wildman–Crippen LogP) is 0.107. The van der Waals surface area contributed by atoms with Crippen LogP contribution in [0.1, 0.15) is 5.69 Å². The predicted molar refractivity (Wildman–Crippen MR) is 53.1 cm³/mol. The lowest BCUT2D eigenvalue weighted by molar-refractivity contribution is 0.742. The van der Waals surface area contributed by atoms with Crippen LogP contribution < -0.4 is 5.73 Å². The fourth-order valence-electron chi connectivity index (χ4n) is 1.39. The lowest BCUT2D eigenvalue weighted by atomic mass is 10.3. The summed E-state index contributed by atoms with van der Waals surface area (Å²) in [5, 5.41) is 4.29. The highest BCUT2D eigenvalue weighted by atomic mass is 15.3. The van der Waals surface area contributed by atoms with Gasteiger partial charge in [0.1, 0.15) is 6.33 Å². The third-order valence-electron chi connectivity index (χ3n) is 2.06. The summed E-state index contributed by atoms with van der Waals surface area (Å²) in [5.74, 6) is 0.883. The van der Waals surface area contributed by atoms with E-state index >= 15 is 0 Å². The minimum Gasteiger partial charge on any atom is -0.330 e. The molecule has 5 nitrogen and oxygen atoms in total. The average molecular weight is 191 g/mol. The van der Waals surface area contributed by atoms with Crippen molar-refractivity contribution in [1.82, 2.24) is 19.3 Å². The van der Waals surface area contributed by atoms with Crippen molar-refractivity contribution < 1.29 is 0 Å². The van der Waals surface area contributed by atoms with E-state index in [1.807, 2.05) is 30.1 Å². The number of nitrogens with two attached hydrogens (primary N) is 1. The molecular formula is C9H13N5. The Morgan fingerprint density at radius 3 is 3.00 bits per heavy atom. The average Bonchev–Trinajstić information content (AvgIpc) is 2.74. The van der Waals surface area contributed by atoms with Gasteiger partial charge < -0.3 is 5.73 Å². The van der Waals surface area contributed by atoms with Crippen LogP contribution in [0.2, 0.25) is 0 Å². The Labute approximate surface area is 82.2 Å². The van der Waals surface area contributed by atoms with Gasteiger partial charge in [0.25, 0.3) is 0 Å². The third-order valence-corrected chi connectivity index (χ3v) is 2.06. The van der Waals surface area contributed by atoms with Crippen LogP contribution >= 0.6 is 0 Å². The summed E-state index contributed by atoms with van der Waals surface area (Å²) in [5.41, 5.74) is 6.59. The topological polar surface area (TPSA) is 61.7 Å². The minimum absolute atomic E-state index is 0.624. The molecule has 0 saturated carbocycles. The molecule has 0 unspecified atom stereocenters. The van der Waals surface area contributed by atoms with Gasteiger partial charge in [-0.3, -0.25) is 9.25 Å². The van der Waals surface area contributed by atoms with Gasteiger partial charge in [-0.25, -0.2) is 4.98 Å². The van der Waals surface area contributed by atoms with Gasteiger partial charge in [0.15, 0.2) is 5.82 Å². The molecule has 0 fully saturated rings. The Hall–Kier alpha value is -1.62. The van der Waals surface area contributed by atoms with Crippen molar-refractivity contribution in [3.05, 3.63) is 30.5 Å². The Bertz CT molecular complexity index is 414. The molecular weight excluding hydrogens is 178 g/mol. The van der Waals surface area contributed by atoms with Crippen molar-refractivity contribution >= 4 is 0 Å². The van der Waals surface area contributed by atoms with Crippen LogP contribution in [0.3, 0.4) is 0 Å². The first-order valence-electron chi connectivity index (χ1n) is 4.52. The van der Waals surface area contributed by atoms with E-state index in [1.165, 1.54) is 0 Å². The molecule has 2 aromatic rings. The molecule has 2 heterocycles. The van der Waals surface area contributed by atoms with Crippen molar-refractivity contribution in [2.24, 2.45) is 12.8 Å². The Kier molecular flexibility index (Phi) is 2.32. The maximum atomic E-state index is 5.51. The molecule has 14 heavy (non-hydrogen) atoms. The van der Waals surface area contributed by atoms with E-state index in [1.54, 1.807) is 11.0 Å². The van der Waals surface area contributed by atoms with Crippen LogP contribution in [0.25, 0.3) is 5.82 Å². The normalized spacial score (nSPS) is 10.7. The van der Waals surface area contributed by atoms with Crippen LogP contribution in [0.15, 0.2) is 24.8 Å². The molecule has 0 aromatic carbocycles. The number of imidazole rings is 1. The molecule has 0 radical (unpaired) electrons. The smallest absolute Gasteiger partial charge is 0.160 e. The summed E-state index contributed by atoms with van der Waals surface area (Å²) in [6.07, 6.45) is 6.30. The Morgan fingerprint density at radius 2 is 2.36 bits per heavy atom. The quantitative estimate of drug-likeness (QED) is 0.748. The molecule has 74 valence electrons. The number of nitrogens with zero attached hydrogens (tertiary/aromatic N) is 4. The van der Waals surface area contributed by atoms with Gasteiger partial charge in [-0.15, -0.1) is 0 Å². The molecule has 2 aromatic heterocycles. The molecule has 0 aliphatic carbocycles. The number of aryl methyl sites for hydroxylation is 1. The second-order valence-electron chi connectivity index (χ2n) is 3.14. The fourth-order valence-corrected chi connectivity index (χ4v) is 1.39. The van der Waals surface area contributed by atoms with E-state index in [9.17, 15) is 0 Å². The number of hydrogen-bond acceptors (Lipinski definition) is 3. The minimum atomic E-state index is 0.624. The largest absolute Gasteiger partial charge is 0.330 e. The lowest BCUT2D eigenvalue weighted by Gasteiger charge is -2.02. The zero-order valence-corrected chi connectivity index (χ0v) is 8.09. The lowest BCUT2D eigenvalue weighted by Crippen LogP contribution is -2.07. The third kappa shape index (κ3) is 1.54. The van der Waals surface area contributed by atoms with Crippen molar-refractivity contribution in [2.45, 2.75) is 6.42 Å². The maximum Gasteiger partial charge on any atom is 0.160 e. The molecule has 0 saturated heterocycles. The van der Waals surface area contributed by atoms with E-state index < -0.39 is 0 Å². The second-order valence-corrected chi connectivity index (χ2v) is 3.14. The van der Waals surface area contributed by atoms with Gasteiger partial charge in [0.2, 0.25) is 0 Å². The van der Waals surface area contributed by atoms with Crippen molar-refractivity contribution in [1.29, 1.82) is 0 Å². The van der Waals surface area contributed by atoms with Crippen molar-refractivity contribution in [2.75, 3.05) is 6.54 Å². The number of hydrogen-bond donors (Lipinski definition) is 1. The summed E-state index contributed by atoms with van der Waals surface area (Å²) >= 11 is 0. The fraction of sp³-hybridized carbons (Fsp3) is 0.333. The highest BCUT2D eigenvalue weighted by molar-refractivity contribution is 5.23.